The lowest BCUT2D eigenvalue weighted by molar-refractivity contribution is -0.129. The minimum atomic E-state index is -0.781. The van der Waals surface area contributed by atoms with Crippen LogP contribution >= 0.6 is 0 Å². The molecule has 1 fully saturated rings. The van der Waals surface area contributed by atoms with Crippen LogP contribution in [0.15, 0.2) is 24.3 Å². The Labute approximate surface area is 130 Å². The SMILES string of the molecule is C[C@H](Oc1ccccc1C=O)C(=O)NC1(C#N)CCCCC1. The molecule has 22 heavy (non-hydrogen) atoms. The molecule has 0 aromatic heterocycles. The van der Waals surface area contributed by atoms with Gasteiger partial charge in [-0.05, 0) is 31.9 Å². The van der Waals surface area contributed by atoms with E-state index >= 15 is 0 Å². The Morgan fingerprint density at radius 1 is 1.36 bits per heavy atom. The number of ether oxygens (including phenoxy) is 1. The lowest BCUT2D eigenvalue weighted by Crippen LogP contribution is -2.52. The Bertz CT molecular complexity index is 586. The highest BCUT2D eigenvalue weighted by Gasteiger charge is 2.35. The molecular formula is C17H20N2O3. The number of para-hydroxylation sites is 1. The lowest BCUT2D eigenvalue weighted by Gasteiger charge is -2.32. The van der Waals surface area contributed by atoms with Crippen LogP contribution in [-0.2, 0) is 4.79 Å². The van der Waals surface area contributed by atoms with Crippen molar-refractivity contribution in [2.45, 2.75) is 50.7 Å². The number of nitrogens with zero attached hydrogens (tertiary/aromatic N) is 1. The first-order chi connectivity index (χ1) is 10.6. The predicted octanol–water partition coefficient (Wildman–Crippen LogP) is 2.61. The summed E-state index contributed by atoms with van der Waals surface area (Å²) in [5.74, 6) is 0.0407. The first-order valence-electron chi connectivity index (χ1n) is 7.54. The molecule has 5 heteroatoms. The maximum Gasteiger partial charge on any atom is 0.262 e. The molecule has 0 heterocycles. The third kappa shape index (κ3) is 3.64. The van der Waals surface area contributed by atoms with Gasteiger partial charge < -0.3 is 10.1 Å². The van der Waals surface area contributed by atoms with Gasteiger partial charge in [-0.15, -0.1) is 0 Å². The fraction of sp³-hybridized carbons (Fsp3) is 0.471. The summed E-state index contributed by atoms with van der Waals surface area (Å²) in [5, 5.41) is 12.2. The van der Waals surface area contributed by atoms with Crippen molar-refractivity contribution in [3.05, 3.63) is 29.8 Å². The van der Waals surface area contributed by atoms with Crippen molar-refractivity contribution in [1.82, 2.24) is 5.32 Å². The summed E-state index contributed by atoms with van der Waals surface area (Å²) >= 11 is 0. The fourth-order valence-corrected chi connectivity index (χ4v) is 2.69. The molecule has 0 unspecified atom stereocenters. The van der Waals surface area contributed by atoms with E-state index in [4.69, 9.17) is 4.74 Å². The average molecular weight is 300 g/mol. The zero-order valence-electron chi connectivity index (χ0n) is 12.7. The smallest absolute Gasteiger partial charge is 0.262 e. The normalized spacial score (nSPS) is 17.8. The first-order valence-corrected chi connectivity index (χ1v) is 7.54. The number of rotatable bonds is 5. The summed E-state index contributed by atoms with van der Waals surface area (Å²) in [4.78, 5) is 23.3. The van der Waals surface area contributed by atoms with Crippen LogP contribution in [0.3, 0.4) is 0 Å². The van der Waals surface area contributed by atoms with Crippen LogP contribution in [0.1, 0.15) is 49.4 Å². The molecule has 1 atom stereocenters. The van der Waals surface area contributed by atoms with E-state index in [0.29, 0.717) is 30.4 Å². The molecule has 5 nitrogen and oxygen atoms in total. The number of carbonyl (C=O) groups excluding carboxylic acids is 2. The summed E-state index contributed by atoms with van der Waals surface area (Å²) in [6.07, 6.45) is 4.25. The molecule has 0 radical (unpaired) electrons. The standard InChI is InChI=1S/C17H20N2O3/c1-13(22-15-8-4-3-7-14(15)11-20)16(21)19-17(12-18)9-5-2-6-10-17/h3-4,7-8,11,13H,2,5-6,9-10H2,1H3,(H,19,21)/t13-/m0/s1. The monoisotopic (exact) mass is 300 g/mol. The second kappa shape index (κ2) is 7.08. The van der Waals surface area contributed by atoms with Gasteiger partial charge >= 0.3 is 0 Å². The quantitative estimate of drug-likeness (QED) is 0.848. The number of benzene rings is 1. The van der Waals surface area contributed by atoms with Crippen molar-refractivity contribution < 1.29 is 14.3 Å². The van der Waals surface area contributed by atoms with Crippen LogP contribution in [0.4, 0.5) is 0 Å². The molecule has 1 aromatic carbocycles. The van der Waals surface area contributed by atoms with E-state index in [0.717, 1.165) is 19.3 Å². The number of aldehydes is 1. The summed E-state index contributed by atoms with van der Waals surface area (Å²) in [5.41, 5.74) is -0.383. The fourth-order valence-electron chi connectivity index (χ4n) is 2.69. The Balaban J connectivity index is 2.03. The second-order valence-corrected chi connectivity index (χ2v) is 5.66. The molecule has 1 aliphatic rings. The van der Waals surface area contributed by atoms with Gasteiger partial charge in [0, 0.05) is 0 Å². The Morgan fingerprint density at radius 2 is 2.05 bits per heavy atom. The molecule has 1 N–H and O–H groups in total. The van der Waals surface area contributed by atoms with Crippen LogP contribution in [0.25, 0.3) is 0 Å². The van der Waals surface area contributed by atoms with Gasteiger partial charge in [0.25, 0.3) is 5.91 Å². The highest BCUT2D eigenvalue weighted by molar-refractivity contribution is 5.83. The predicted molar refractivity (Wildman–Crippen MR) is 81.5 cm³/mol. The third-order valence-electron chi connectivity index (χ3n) is 4.00. The molecule has 0 spiro atoms. The van der Waals surface area contributed by atoms with Gasteiger partial charge in [0.15, 0.2) is 12.4 Å². The number of nitriles is 1. The van der Waals surface area contributed by atoms with Crippen molar-refractivity contribution in [3.63, 3.8) is 0 Å². The molecule has 2 rings (SSSR count). The van der Waals surface area contributed by atoms with Crippen LogP contribution in [-0.4, -0.2) is 23.8 Å². The molecule has 1 aliphatic carbocycles. The van der Waals surface area contributed by atoms with Gasteiger partial charge in [0.2, 0.25) is 0 Å². The van der Waals surface area contributed by atoms with E-state index in [-0.39, 0.29) is 5.91 Å². The van der Waals surface area contributed by atoms with E-state index < -0.39 is 11.6 Å². The zero-order valence-corrected chi connectivity index (χ0v) is 12.7. The largest absolute Gasteiger partial charge is 0.480 e. The molecular weight excluding hydrogens is 280 g/mol. The molecule has 116 valence electrons. The summed E-state index contributed by atoms with van der Waals surface area (Å²) < 4.78 is 5.58. The minimum Gasteiger partial charge on any atom is -0.480 e. The number of nitrogens with one attached hydrogen (secondary N) is 1. The summed E-state index contributed by atoms with van der Waals surface area (Å²) in [6, 6.07) is 8.99. The average Bonchev–Trinajstić information content (AvgIpc) is 2.56. The van der Waals surface area contributed by atoms with Crippen molar-refractivity contribution >= 4 is 12.2 Å². The van der Waals surface area contributed by atoms with Gasteiger partial charge in [-0.1, -0.05) is 31.4 Å². The van der Waals surface area contributed by atoms with Crippen molar-refractivity contribution in [1.29, 1.82) is 5.26 Å². The highest BCUT2D eigenvalue weighted by atomic mass is 16.5. The van der Waals surface area contributed by atoms with Gasteiger partial charge in [-0.2, -0.15) is 5.26 Å². The van der Waals surface area contributed by atoms with Crippen LogP contribution in [0, 0.1) is 11.3 Å². The van der Waals surface area contributed by atoms with Crippen LogP contribution < -0.4 is 10.1 Å². The van der Waals surface area contributed by atoms with Gasteiger partial charge in [-0.25, -0.2) is 0 Å². The molecule has 0 aliphatic heterocycles. The Hall–Kier alpha value is -2.35. The van der Waals surface area contributed by atoms with E-state index in [1.165, 1.54) is 0 Å². The zero-order chi connectivity index (χ0) is 16.0. The van der Waals surface area contributed by atoms with Crippen molar-refractivity contribution in [2.24, 2.45) is 0 Å². The molecule has 1 saturated carbocycles. The number of amides is 1. The topological polar surface area (TPSA) is 79.2 Å². The summed E-state index contributed by atoms with van der Waals surface area (Å²) in [6.45, 7) is 1.62. The van der Waals surface area contributed by atoms with E-state index in [2.05, 4.69) is 11.4 Å². The van der Waals surface area contributed by atoms with Gasteiger partial charge in [-0.3, -0.25) is 9.59 Å². The van der Waals surface area contributed by atoms with Crippen LogP contribution in [0.5, 0.6) is 5.75 Å². The second-order valence-electron chi connectivity index (χ2n) is 5.66. The van der Waals surface area contributed by atoms with Gasteiger partial charge in [0.05, 0.1) is 11.6 Å². The molecule has 0 bridgehead atoms. The molecule has 1 amide bonds. The Morgan fingerprint density at radius 3 is 2.68 bits per heavy atom. The van der Waals surface area contributed by atoms with Crippen LogP contribution in [0.2, 0.25) is 0 Å². The number of hydrogen-bond acceptors (Lipinski definition) is 4. The minimum absolute atomic E-state index is 0.329. The number of carbonyl (C=O) groups is 2. The maximum atomic E-state index is 12.3. The van der Waals surface area contributed by atoms with E-state index in [1.54, 1.807) is 31.2 Å². The first kappa shape index (κ1) is 16.0. The maximum absolute atomic E-state index is 12.3. The van der Waals surface area contributed by atoms with E-state index in [9.17, 15) is 14.9 Å². The van der Waals surface area contributed by atoms with E-state index in [1.807, 2.05) is 0 Å². The van der Waals surface area contributed by atoms with Crippen molar-refractivity contribution in [3.8, 4) is 11.8 Å². The third-order valence-corrected chi connectivity index (χ3v) is 4.00. The van der Waals surface area contributed by atoms with Gasteiger partial charge in [0.1, 0.15) is 11.3 Å². The highest BCUT2D eigenvalue weighted by Crippen LogP contribution is 2.28. The molecule has 1 aromatic rings. The van der Waals surface area contributed by atoms with Crippen molar-refractivity contribution in [2.75, 3.05) is 0 Å². The molecule has 0 saturated heterocycles. The summed E-state index contributed by atoms with van der Waals surface area (Å²) in [7, 11) is 0. The lowest BCUT2D eigenvalue weighted by atomic mass is 9.83. The Kier molecular flexibility index (Phi) is 5.16. The number of hydrogen-bond donors (Lipinski definition) is 1.